The van der Waals surface area contributed by atoms with Gasteiger partial charge in [0.25, 0.3) is 0 Å². The van der Waals surface area contributed by atoms with Crippen molar-refractivity contribution in [2.24, 2.45) is 0 Å². The van der Waals surface area contributed by atoms with Crippen LogP contribution in [-0.2, 0) is 4.79 Å². The Morgan fingerprint density at radius 1 is 1.50 bits per heavy atom. The van der Waals surface area contributed by atoms with Gasteiger partial charge in [0.15, 0.2) is 0 Å². The largest absolute Gasteiger partial charge is 0.407 e. The zero-order valence-electron chi connectivity index (χ0n) is 8.54. The summed E-state index contributed by atoms with van der Waals surface area (Å²) < 4.78 is 5.08. The molecule has 16 heavy (non-hydrogen) atoms. The molecule has 1 unspecified atom stereocenters. The van der Waals surface area contributed by atoms with Gasteiger partial charge in [-0.05, 0) is 17.9 Å². The lowest BCUT2D eigenvalue weighted by Gasteiger charge is -2.05. The second kappa shape index (κ2) is 5.96. The maximum atomic E-state index is 11.5. The Morgan fingerprint density at radius 2 is 2.44 bits per heavy atom. The van der Waals surface area contributed by atoms with Crippen molar-refractivity contribution in [1.29, 1.82) is 0 Å². The summed E-state index contributed by atoms with van der Waals surface area (Å²) in [7, 11) is 3.48. The van der Waals surface area contributed by atoms with Crippen molar-refractivity contribution in [3.63, 3.8) is 0 Å². The third-order valence-corrected chi connectivity index (χ3v) is 4.44. The Hall–Kier alpha value is -0.940. The lowest BCUT2D eigenvalue weighted by molar-refractivity contribution is -0.134. The van der Waals surface area contributed by atoms with Crippen LogP contribution >= 0.6 is 21.6 Å². The summed E-state index contributed by atoms with van der Waals surface area (Å²) in [6.07, 6.45) is 4.97. The van der Waals surface area contributed by atoms with E-state index < -0.39 is 0 Å². The van der Waals surface area contributed by atoms with Crippen LogP contribution in [0.5, 0.6) is 5.88 Å². The molecular formula is C11H11NO2S2. The number of carbonyl (C=O) groups excluding carboxylic acids is 1. The molecule has 0 saturated carbocycles. The predicted octanol–water partition coefficient (Wildman–Crippen LogP) is 3.04. The molecule has 3 nitrogen and oxygen atoms in total. The Kier molecular flexibility index (Phi) is 4.30. The van der Waals surface area contributed by atoms with E-state index in [9.17, 15) is 4.79 Å². The molecule has 1 aromatic rings. The number of hydrogen-bond acceptors (Lipinski definition) is 5. The summed E-state index contributed by atoms with van der Waals surface area (Å²) in [5.74, 6) is 0.154. The predicted molar refractivity (Wildman–Crippen MR) is 67.2 cm³/mol. The molecular weight excluding hydrogens is 242 g/mol. The summed E-state index contributed by atoms with van der Waals surface area (Å²) in [6.45, 7) is 0. The monoisotopic (exact) mass is 253 g/mol. The molecule has 1 atom stereocenters. The van der Waals surface area contributed by atoms with E-state index >= 15 is 0 Å². The first-order chi connectivity index (χ1) is 7.84. The van der Waals surface area contributed by atoms with Gasteiger partial charge in [-0.15, -0.1) is 0 Å². The lowest BCUT2D eigenvalue weighted by atomic mass is 10.2. The van der Waals surface area contributed by atoms with Gasteiger partial charge in [-0.3, -0.25) is 4.79 Å². The fraction of sp³-hybridized carbons (Fsp3) is 0.273. The first kappa shape index (κ1) is 11.5. The standard InChI is InChI=1S/C11H11NO2S2/c13-11(5-4-9-6-8-15-16-9)14-10-3-1-2-7-12-10/h1-3,6-9H,4-5H2. The molecule has 1 aromatic heterocycles. The third kappa shape index (κ3) is 3.57. The van der Waals surface area contributed by atoms with Crippen molar-refractivity contribution < 1.29 is 9.53 Å². The van der Waals surface area contributed by atoms with Crippen molar-refractivity contribution in [2.45, 2.75) is 18.1 Å². The zero-order chi connectivity index (χ0) is 11.2. The minimum absolute atomic E-state index is 0.218. The Morgan fingerprint density at radius 3 is 3.12 bits per heavy atom. The van der Waals surface area contributed by atoms with Crippen molar-refractivity contribution in [3.05, 3.63) is 35.9 Å². The number of esters is 1. The van der Waals surface area contributed by atoms with E-state index in [-0.39, 0.29) is 5.97 Å². The summed E-state index contributed by atoms with van der Waals surface area (Å²) >= 11 is 0. The summed E-state index contributed by atoms with van der Waals surface area (Å²) in [5, 5.41) is 2.49. The van der Waals surface area contributed by atoms with Gasteiger partial charge in [0, 0.05) is 23.9 Å². The zero-order valence-corrected chi connectivity index (χ0v) is 10.2. The number of carbonyl (C=O) groups is 1. The number of nitrogens with zero attached hydrogens (tertiary/aromatic N) is 1. The highest BCUT2D eigenvalue weighted by Gasteiger charge is 2.13. The smallest absolute Gasteiger partial charge is 0.312 e. The Balaban J connectivity index is 1.74. The molecule has 1 aliphatic heterocycles. The van der Waals surface area contributed by atoms with Gasteiger partial charge in [0.05, 0.1) is 0 Å². The van der Waals surface area contributed by atoms with Gasteiger partial charge in [-0.2, -0.15) is 0 Å². The van der Waals surface area contributed by atoms with E-state index in [4.69, 9.17) is 4.74 Å². The fourth-order valence-corrected chi connectivity index (χ4v) is 3.45. The van der Waals surface area contributed by atoms with Crippen LogP contribution < -0.4 is 4.74 Å². The maximum absolute atomic E-state index is 11.5. The number of rotatable bonds is 4. The second-order valence-corrected chi connectivity index (χ2v) is 5.66. The quantitative estimate of drug-likeness (QED) is 0.609. The first-order valence-electron chi connectivity index (χ1n) is 4.95. The van der Waals surface area contributed by atoms with Crippen molar-refractivity contribution in [1.82, 2.24) is 4.98 Å². The fourth-order valence-electron chi connectivity index (χ4n) is 1.23. The molecule has 5 heteroatoms. The second-order valence-electron chi connectivity index (χ2n) is 3.24. The average molecular weight is 253 g/mol. The third-order valence-electron chi connectivity index (χ3n) is 2.02. The number of aromatic nitrogens is 1. The molecule has 0 aliphatic carbocycles. The summed E-state index contributed by atoms with van der Waals surface area (Å²) in [5.41, 5.74) is 0. The van der Waals surface area contributed by atoms with Crippen LogP contribution in [0.25, 0.3) is 0 Å². The van der Waals surface area contributed by atoms with Crippen LogP contribution in [0, 0.1) is 0 Å². The minimum Gasteiger partial charge on any atom is -0.407 e. The number of hydrogen-bond donors (Lipinski definition) is 0. The molecule has 0 spiro atoms. The molecule has 0 radical (unpaired) electrons. The molecule has 2 heterocycles. The topological polar surface area (TPSA) is 39.2 Å². The SMILES string of the molecule is O=C(CCC1C=CSS1)Oc1ccccn1. The van der Waals surface area contributed by atoms with E-state index in [2.05, 4.69) is 16.5 Å². The van der Waals surface area contributed by atoms with Gasteiger partial charge in [0.2, 0.25) is 5.88 Å². The van der Waals surface area contributed by atoms with E-state index in [1.54, 1.807) is 46.0 Å². The van der Waals surface area contributed by atoms with Crippen LogP contribution in [0.2, 0.25) is 0 Å². The van der Waals surface area contributed by atoms with Gasteiger partial charge in [-0.1, -0.05) is 33.7 Å². The van der Waals surface area contributed by atoms with Crippen molar-refractivity contribution >= 4 is 27.6 Å². The summed E-state index contributed by atoms with van der Waals surface area (Å²) in [4.78, 5) is 15.4. The Labute approximate surface area is 102 Å². The van der Waals surface area contributed by atoms with Gasteiger partial charge < -0.3 is 4.74 Å². The van der Waals surface area contributed by atoms with Gasteiger partial charge in [-0.25, -0.2) is 4.98 Å². The average Bonchev–Trinajstić information content (AvgIpc) is 2.81. The molecule has 1 aliphatic rings. The van der Waals surface area contributed by atoms with Crippen molar-refractivity contribution in [2.75, 3.05) is 0 Å². The lowest BCUT2D eigenvalue weighted by Crippen LogP contribution is -2.10. The van der Waals surface area contributed by atoms with Gasteiger partial charge in [0.1, 0.15) is 0 Å². The van der Waals surface area contributed by atoms with Crippen LogP contribution in [0.3, 0.4) is 0 Å². The van der Waals surface area contributed by atoms with Crippen LogP contribution in [0.1, 0.15) is 12.8 Å². The number of ether oxygens (including phenoxy) is 1. The van der Waals surface area contributed by atoms with Crippen LogP contribution in [-0.4, -0.2) is 16.2 Å². The highest BCUT2D eigenvalue weighted by molar-refractivity contribution is 8.78. The van der Waals surface area contributed by atoms with E-state index in [0.29, 0.717) is 17.6 Å². The molecule has 0 aromatic carbocycles. The maximum Gasteiger partial charge on any atom is 0.312 e. The molecule has 0 N–H and O–H groups in total. The van der Waals surface area contributed by atoms with E-state index in [1.807, 2.05) is 0 Å². The molecule has 0 fully saturated rings. The van der Waals surface area contributed by atoms with Crippen molar-refractivity contribution in [3.8, 4) is 5.88 Å². The van der Waals surface area contributed by atoms with Crippen LogP contribution in [0.15, 0.2) is 35.9 Å². The molecule has 84 valence electrons. The first-order valence-corrected chi connectivity index (χ1v) is 7.23. The molecule has 0 bridgehead atoms. The summed E-state index contributed by atoms with van der Waals surface area (Å²) in [6, 6.07) is 5.26. The van der Waals surface area contributed by atoms with E-state index in [0.717, 1.165) is 6.42 Å². The number of pyridine rings is 1. The molecule has 0 amide bonds. The van der Waals surface area contributed by atoms with E-state index in [1.165, 1.54) is 0 Å². The van der Waals surface area contributed by atoms with Crippen LogP contribution in [0.4, 0.5) is 0 Å². The van der Waals surface area contributed by atoms with Gasteiger partial charge >= 0.3 is 5.97 Å². The normalized spacial score (nSPS) is 18.6. The molecule has 2 rings (SSSR count). The molecule has 0 saturated heterocycles. The highest BCUT2D eigenvalue weighted by Crippen LogP contribution is 2.37. The Bertz CT molecular complexity index is 381. The minimum atomic E-state index is -0.218. The highest BCUT2D eigenvalue weighted by atomic mass is 33.1.